The van der Waals surface area contributed by atoms with Crippen molar-refractivity contribution in [2.45, 2.75) is 12.5 Å². The highest BCUT2D eigenvalue weighted by Crippen LogP contribution is 2.11. The molecule has 1 atom stereocenters. The van der Waals surface area contributed by atoms with Crippen LogP contribution < -0.4 is 10.0 Å². The van der Waals surface area contributed by atoms with Crippen molar-refractivity contribution in [3.8, 4) is 0 Å². The molecule has 0 aromatic carbocycles. The molecular formula is C8H19N3O3S. The summed E-state index contributed by atoms with van der Waals surface area (Å²) in [5.74, 6) is 0. The Morgan fingerprint density at radius 2 is 2.27 bits per heavy atom. The third kappa shape index (κ3) is 3.69. The van der Waals surface area contributed by atoms with Crippen LogP contribution in [0.2, 0.25) is 0 Å². The van der Waals surface area contributed by atoms with Gasteiger partial charge >= 0.3 is 0 Å². The fourth-order valence-corrected chi connectivity index (χ4v) is 2.79. The number of methoxy groups -OCH3 is 1. The predicted octanol–water partition coefficient (Wildman–Crippen LogP) is -1.24. The molecule has 1 unspecified atom stereocenters. The molecule has 2 N–H and O–H groups in total. The van der Waals surface area contributed by atoms with E-state index in [1.807, 2.05) is 7.05 Å². The zero-order chi connectivity index (χ0) is 11.3. The van der Waals surface area contributed by atoms with E-state index in [0.29, 0.717) is 26.2 Å². The van der Waals surface area contributed by atoms with Gasteiger partial charge in [-0.15, -0.1) is 0 Å². The van der Waals surface area contributed by atoms with Gasteiger partial charge in [0.15, 0.2) is 0 Å². The molecule has 0 aromatic rings. The van der Waals surface area contributed by atoms with E-state index in [1.165, 1.54) is 4.31 Å². The van der Waals surface area contributed by atoms with E-state index in [-0.39, 0.29) is 6.04 Å². The molecular weight excluding hydrogens is 218 g/mol. The first-order chi connectivity index (χ1) is 7.10. The molecule has 0 radical (unpaired) electrons. The average molecular weight is 237 g/mol. The van der Waals surface area contributed by atoms with Crippen molar-refractivity contribution in [2.75, 3.05) is 40.4 Å². The number of ether oxygens (including phenoxy) is 1. The van der Waals surface area contributed by atoms with Crippen molar-refractivity contribution in [2.24, 2.45) is 0 Å². The molecule has 90 valence electrons. The van der Waals surface area contributed by atoms with Gasteiger partial charge in [-0.2, -0.15) is 17.4 Å². The Labute approximate surface area is 91.2 Å². The van der Waals surface area contributed by atoms with E-state index < -0.39 is 10.2 Å². The molecule has 0 aromatic heterocycles. The second-order valence-corrected chi connectivity index (χ2v) is 5.28. The SMILES string of the molecule is CNC1CCN(S(=O)(=O)NCCOC)C1. The molecule has 0 bridgehead atoms. The molecule has 1 aliphatic rings. The van der Waals surface area contributed by atoms with Crippen LogP contribution in [0.3, 0.4) is 0 Å². The van der Waals surface area contributed by atoms with Gasteiger partial charge in [0, 0.05) is 32.8 Å². The second-order valence-electron chi connectivity index (χ2n) is 3.52. The average Bonchev–Trinajstić information content (AvgIpc) is 2.66. The smallest absolute Gasteiger partial charge is 0.279 e. The van der Waals surface area contributed by atoms with Gasteiger partial charge in [-0.05, 0) is 13.5 Å². The quantitative estimate of drug-likeness (QED) is 0.567. The molecule has 1 saturated heterocycles. The van der Waals surface area contributed by atoms with Gasteiger partial charge in [-0.3, -0.25) is 0 Å². The molecule has 7 heteroatoms. The number of hydrogen-bond donors (Lipinski definition) is 2. The fraction of sp³-hybridized carbons (Fsp3) is 1.00. The number of likely N-dealkylation sites (N-methyl/N-ethyl adjacent to an activating group) is 1. The number of nitrogens with one attached hydrogen (secondary N) is 2. The van der Waals surface area contributed by atoms with Gasteiger partial charge < -0.3 is 10.1 Å². The molecule has 15 heavy (non-hydrogen) atoms. The van der Waals surface area contributed by atoms with Gasteiger partial charge in [-0.1, -0.05) is 0 Å². The van der Waals surface area contributed by atoms with Crippen molar-refractivity contribution < 1.29 is 13.2 Å². The molecule has 0 amide bonds. The van der Waals surface area contributed by atoms with E-state index in [4.69, 9.17) is 4.74 Å². The fourth-order valence-electron chi connectivity index (χ4n) is 1.55. The minimum absolute atomic E-state index is 0.268. The maximum Gasteiger partial charge on any atom is 0.279 e. The van der Waals surface area contributed by atoms with Crippen molar-refractivity contribution in [1.29, 1.82) is 0 Å². The lowest BCUT2D eigenvalue weighted by Gasteiger charge is -2.16. The predicted molar refractivity (Wildman–Crippen MR) is 57.8 cm³/mol. The molecule has 0 aliphatic carbocycles. The first-order valence-electron chi connectivity index (χ1n) is 5.01. The van der Waals surface area contributed by atoms with Crippen LogP contribution in [0.4, 0.5) is 0 Å². The molecule has 6 nitrogen and oxygen atoms in total. The Hall–Kier alpha value is -0.210. The summed E-state index contributed by atoms with van der Waals surface area (Å²) in [6.07, 6.45) is 0.863. The monoisotopic (exact) mass is 237 g/mol. The normalized spacial score (nSPS) is 23.5. The Balaban J connectivity index is 2.41. The van der Waals surface area contributed by atoms with E-state index in [2.05, 4.69) is 10.0 Å². The van der Waals surface area contributed by atoms with Crippen molar-refractivity contribution >= 4 is 10.2 Å². The Morgan fingerprint density at radius 3 is 2.80 bits per heavy atom. The van der Waals surface area contributed by atoms with Gasteiger partial charge in [0.05, 0.1) is 6.61 Å². The minimum Gasteiger partial charge on any atom is -0.383 e. The van der Waals surface area contributed by atoms with Crippen LogP contribution in [0, 0.1) is 0 Å². The summed E-state index contributed by atoms with van der Waals surface area (Å²) in [6, 6.07) is 0.268. The molecule has 0 saturated carbocycles. The maximum absolute atomic E-state index is 11.7. The van der Waals surface area contributed by atoms with E-state index >= 15 is 0 Å². The highest BCUT2D eigenvalue weighted by molar-refractivity contribution is 7.87. The number of hydrogen-bond acceptors (Lipinski definition) is 4. The van der Waals surface area contributed by atoms with Gasteiger partial charge in [0.25, 0.3) is 10.2 Å². The number of rotatable bonds is 6. The molecule has 1 aliphatic heterocycles. The van der Waals surface area contributed by atoms with E-state index in [9.17, 15) is 8.42 Å². The van der Waals surface area contributed by atoms with Crippen LogP contribution >= 0.6 is 0 Å². The molecule has 1 rings (SSSR count). The Kier molecular flexibility index (Phi) is 4.94. The third-order valence-electron chi connectivity index (χ3n) is 2.49. The largest absolute Gasteiger partial charge is 0.383 e. The van der Waals surface area contributed by atoms with Gasteiger partial charge in [0.2, 0.25) is 0 Å². The van der Waals surface area contributed by atoms with E-state index in [0.717, 1.165) is 6.42 Å². The standard InChI is InChI=1S/C8H19N3O3S/c1-9-8-3-5-11(7-8)15(12,13)10-4-6-14-2/h8-10H,3-7H2,1-2H3. The van der Waals surface area contributed by atoms with Crippen LogP contribution in [-0.4, -0.2) is 59.2 Å². The first kappa shape index (κ1) is 12.9. The minimum atomic E-state index is -3.31. The lowest BCUT2D eigenvalue weighted by Crippen LogP contribution is -2.42. The highest BCUT2D eigenvalue weighted by Gasteiger charge is 2.29. The van der Waals surface area contributed by atoms with Crippen LogP contribution in [-0.2, 0) is 14.9 Å². The summed E-state index contributed by atoms with van der Waals surface area (Å²) in [5.41, 5.74) is 0. The van der Waals surface area contributed by atoms with Crippen LogP contribution in [0.1, 0.15) is 6.42 Å². The Morgan fingerprint density at radius 1 is 1.53 bits per heavy atom. The van der Waals surface area contributed by atoms with Crippen LogP contribution in [0.15, 0.2) is 0 Å². The summed E-state index contributed by atoms with van der Waals surface area (Å²) in [4.78, 5) is 0. The first-order valence-corrected chi connectivity index (χ1v) is 6.45. The van der Waals surface area contributed by atoms with Crippen molar-refractivity contribution in [3.05, 3.63) is 0 Å². The van der Waals surface area contributed by atoms with E-state index in [1.54, 1.807) is 7.11 Å². The lowest BCUT2D eigenvalue weighted by atomic mass is 10.3. The van der Waals surface area contributed by atoms with Crippen LogP contribution in [0.5, 0.6) is 0 Å². The summed E-state index contributed by atoms with van der Waals surface area (Å²) in [6.45, 7) is 1.83. The van der Waals surface area contributed by atoms with Gasteiger partial charge in [-0.25, -0.2) is 0 Å². The lowest BCUT2D eigenvalue weighted by molar-refractivity contribution is 0.204. The summed E-state index contributed by atoms with van der Waals surface area (Å²) in [7, 11) is 0.0773. The molecule has 1 heterocycles. The second kappa shape index (κ2) is 5.76. The van der Waals surface area contributed by atoms with Crippen molar-refractivity contribution in [1.82, 2.24) is 14.3 Å². The Bertz CT molecular complexity index is 281. The zero-order valence-corrected chi connectivity index (χ0v) is 10.0. The highest BCUT2D eigenvalue weighted by atomic mass is 32.2. The third-order valence-corrected chi connectivity index (χ3v) is 4.07. The zero-order valence-electron chi connectivity index (χ0n) is 9.19. The molecule has 0 spiro atoms. The molecule has 1 fully saturated rings. The van der Waals surface area contributed by atoms with Gasteiger partial charge in [0.1, 0.15) is 0 Å². The maximum atomic E-state index is 11.7. The topological polar surface area (TPSA) is 70.7 Å². The summed E-state index contributed by atoms with van der Waals surface area (Å²) >= 11 is 0. The van der Waals surface area contributed by atoms with Crippen molar-refractivity contribution in [3.63, 3.8) is 0 Å². The number of nitrogens with zero attached hydrogens (tertiary/aromatic N) is 1. The van der Waals surface area contributed by atoms with Crippen LogP contribution in [0.25, 0.3) is 0 Å². The summed E-state index contributed by atoms with van der Waals surface area (Å²) < 4.78 is 32.1. The summed E-state index contributed by atoms with van der Waals surface area (Å²) in [5, 5.41) is 3.07.